The van der Waals surface area contributed by atoms with Gasteiger partial charge < -0.3 is 14.8 Å². The number of nitrogens with zero attached hydrogens (tertiary/aromatic N) is 4. The average molecular weight is 319 g/mol. The lowest BCUT2D eigenvalue weighted by atomic mass is 10.1. The van der Waals surface area contributed by atoms with Crippen molar-refractivity contribution in [3.63, 3.8) is 0 Å². The molecule has 2 unspecified atom stereocenters. The minimum Gasteiger partial charge on any atom is -0.468 e. The normalized spacial score (nSPS) is 19.0. The standard InChI is InChI=1S/C15H21N5O3/c1-3-11(12-5-4-6-23-12)19-14-10-7-18-20(8-13(21)22-2)15(10)17-9-16-14/h7,9,11-12H,3-6,8H2,1-2H3,(H,16,17,19). The zero-order valence-corrected chi connectivity index (χ0v) is 13.4. The number of hydrogen-bond donors (Lipinski definition) is 1. The third kappa shape index (κ3) is 3.26. The molecule has 8 heteroatoms. The van der Waals surface area contributed by atoms with Crippen LogP contribution in [0.25, 0.3) is 11.0 Å². The predicted molar refractivity (Wildman–Crippen MR) is 84.0 cm³/mol. The van der Waals surface area contributed by atoms with Crippen molar-refractivity contribution in [2.24, 2.45) is 0 Å². The summed E-state index contributed by atoms with van der Waals surface area (Å²) in [5.41, 5.74) is 0.607. The van der Waals surface area contributed by atoms with Crippen LogP contribution >= 0.6 is 0 Å². The fourth-order valence-electron chi connectivity index (χ4n) is 2.86. The van der Waals surface area contributed by atoms with Gasteiger partial charge in [0, 0.05) is 6.61 Å². The van der Waals surface area contributed by atoms with Crippen molar-refractivity contribution in [1.29, 1.82) is 0 Å². The van der Waals surface area contributed by atoms with Crippen LogP contribution in [0.2, 0.25) is 0 Å². The first-order valence-corrected chi connectivity index (χ1v) is 7.84. The van der Waals surface area contributed by atoms with Gasteiger partial charge in [0.05, 0.1) is 30.8 Å². The van der Waals surface area contributed by atoms with E-state index in [0.717, 1.165) is 31.3 Å². The number of nitrogens with one attached hydrogen (secondary N) is 1. The number of aromatic nitrogens is 4. The molecule has 0 bridgehead atoms. The predicted octanol–water partition coefficient (Wildman–Crippen LogP) is 1.37. The third-order valence-electron chi connectivity index (χ3n) is 4.12. The van der Waals surface area contributed by atoms with E-state index in [4.69, 9.17) is 4.74 Å². The van der Waals surface area contributed by atoms with E-state index in [1.807, 2.05) is 0 Å². The van der Waals surface area contributed by atoms with E-state index < -0.39 is 0 Å². The maximum absolute atomic E-state index is 11.4. The van der Waals surface area contributed by atoms with Crippen molar-refractivity contribution in [1.82, 2.24) is 19.7 Å². The van der Waals surface area contributed by atoms with Crippen LogP contribution in [0.3, 0.4) is 0 Å². The fourth-order valence-corrected chi connectivity index (χ4v) is 2.86. The van der Waals surface area contributed by atoms with Gasteiger partial charge >= 0.3 is 5.97 Å². The molecule has 124 valence electrons. The summed E-state index contributed by atoms with van der Waals surface area (Å²) >= 11 is 0. The van der Waals surface area contributed by atoms with Gasteiger partial charge in [0.25, 0.3) is 0 Å². The van der Waals surface area contributed by atoms with Crippen molar-refractivity contribution in [3.05, 3.63) is 12.5 Å². The van der Waals surface area contributed by atoms with Gasteiger partial charge in [0.1, 0.15) is 18.7 Å². The van der Waals surface area contributed by atoms with Gasteiger partial charge in [-0.2, -0.15) is 5.10 Å². The second kappa shape index (κ2) is 6.91. The van der Waals surface area contributed by atoms with E-state index in [1.165, 1.54) is 18.1 Å². The lowest BCUT2D eigenvalue weighted by molar-refractivity contribution is -0.141. The molecule has 0 amide bonds. The molecule has 0 aromatic carbocycles. The number of anilines is 1. The zero-order chi connectivity index (χ0) is 16.2. The molecular weight excluding hydrogens is 298 g/mol. The van der Waals surface area contributed by atoms with Gasteiger partial charge in [-0.3, -0.25) is 4.79 Å². The Morgan fingerprint density at radius 2 is 2.43 bits per heavy atom. The topological polar surface area (TPSA) is 91.2 Å². The average Bonchev–Trinajstić information content (AvgIpc) is 3.23. The van der Waals surface area contributed by atoms with E-state index in [2.05, 4.69) is 32.0 Å². The molecule has 1 N–H and O–H groups in total. The van der Waals surface area contributed by atoms with Crippen molar-refractivity contribution < 1.29 is 14.3 Å². The quantitative estimate of drug-likeness (QED) is 0.804. The number of rotatable bonds is 6. The number of ether oxygens (including phenoxy) is 2. The Hall–Kier alpha value is -2.22. The molecule has 0 aliphatic carbocycles. The van der Waals surface area contributed by atoms with Crippen molar-refractivity contribution >= 4 is 22.8 Å². The number of esters is 1. The Labute approximate surface area is 134 Å². The van der Waals surface area contributed by atoms with Crippen LogP contribution in [0.1, 0.15) is 26.2 Å². The van der Waals surface area contributed by atoms with Gasteiger partial charge in [-0.25, -0.2) is 14.6 Å². The Morgan fingerprint density at radius 3 is 3.13 bits per heavy atom. The van der Waals surface area contributed by atoms with E-state index in [9.17, 15) is 4.79 Å². The van der Waals surface area contributed by atoms with Gasteiger partial charge in [-0.05, 0) is 19.3 Å². The van der Waals surface area contributed by atoms with Gasteiger partial charge in [-0.1, -0.05) is 6.92 Å². The molecule has 0 saturated carbocycles. The summed E-state index contributed by atoms with van der Waals surface area (Å²) in [4.78, 5) is 20.0. The van der Waals surface area contributed by atoms with Crippen LogP contribution in [0, 0.1) is 0 Å². The largest absolute Gasteiger partial charge is 0.468 e. The molecule has 3 rings (SSSR count). The van der Waals surface area contributed by atoms with Gasteiger partial charge in [0.2, 0.25) is 0 Å². The molecule has 1 aliphatic rings. The van der Waals surface area contributed by atoms with E-state index >= 15 is 0 Å². The maximum Gasteiger partial charge on any atom is 0.327 e. The van der Waals surface area contributed by atoms with Gasteiger partial charge in [-0.15, -0.1) is 0 Å². The van der Waals surface area contributed by atoms with E-state index in [-0.39, 0.29) is 24.7 Å². The molecule has 0 spiro atoms. The molecular formula is C15H21N5O3. The Balaban J connectivity index is 1.84. The third-order valence-corrected chi connectivity index (χ3v) is 4.12. The van der Waals surface area contributed by atoms with Crippen molar-refractivity contribution in [3.8, 4) is 0 Å². The van der Waals surface area contributed by atoms with Crippen molar-refractivity contribution in [2.75, 3.05) is 19.0 Å². The summed E-state index contributed by atoms with van der Waals surface area (Å²) in [7, 11) is 1.35. The van der Waals surface area contributed by atoms with Crippen LogP contribution in [0.4, 0.5) is 5.82 Å². The summed E-state index contributed by atoms with van der Waals surface area (Å²) in [6.45, 7) is 2.97. The minimum atomic E-state index is -0.367. The molecule has 2 aromatic heterocycles. The van der Waals surface area contributed by atoms with E-state index in [0.29, 0.717) is 11.5 Å². The SMILES string of the molecule is CCC(Nc1ncnc2c1cnn2CC(=O)OC)C1CCCO1. The lowest BCUT2D eigenvalue weighted by Crippen LogP contribution is -2.32. The molecule has 8 nitrogen and oxygen atoms in total. The van der Waals surface area contributed by atoms with E-state index in [1.54, 1.807) is 6.20 Å². The summed E-state index contributed by atoms with van der Waals surface area (Å²) in [6, 6.07) is 0.194. The monoisotopic (exact) mass is 319 g/mol. The molecule has 1 fully saturated rings. The Kier molecular flexibility index (Phi) is 4.71. The van der Waals surface area contributed by atoms with Gasteiger partial charge in [0.15, 0.2) is 5.65 Å². The number of hydrogen-bond acceptors (Lipinski definition) is 7. The van der Waals surface area contributed by atoms with Crippen LogP contribution in [0.15, 0.2) is 12.5 Å². The highest BCUT2D eigenvalue weighted by Crippen LogP contribution is 2.24. The second-order valence-corrected chi connectivity index (χ2v) is 5.55. The summed E-state index contributed by atoms with van der Waals surface area (Å²) < 4.78 is 12.0. The summed E-state index contributed by atoms with van der Waals surface area (Å²) in [6.07, 6.45) is 6.44. The lowest BCUT2D eigenvalue weighted by Gasteiger charge is -2.23. The number of carbonyl (C=O) groups is 1. The highest BCUT2D eigenvalue weighted by Gasteiger charge is 2.25. The Bertz CT molecular complexity index is 681. The van der Waals surface area contributed by atoms with Crippen LogP contribution in [0.5, 0.6) is 0 Å². The number of fused-ring (bicyclic) bond motifs is 1. The molecule has 1 aliphatic heterocycles. The Morgan fingerprint density at radius 1 is 1.57 bits per heavy atom. The molecule has 2 aromatic rings. The second-order valence-electron chi connectivity index (χ2n) is 5.55. The molecule has 3 heterocycles. The first-order valence-electron chi connectivity index (χ1n) is 7.84. The summed E-state index contributed by atoms with van der Waals surface area (Å²) in [5, 5.41) is 8.45. The van der Waals surface area contributed by atoms with Crippen LogP contribution < -0.4 is 5.32 Å². The summed E-state index contributed by atoms with van der Waals surface area (Å²) in [5.74, 6) is 0.349. The maximum atomic E-state index is 11.4. The molecule has 23 heavy (non-hydrogen) atoms. The highest BCUT2D eigenvalue weighted by atomic mass is 16.5. The molecule has 0 radical (unpaired) electrons. The smallest absolute Gasteiger partial charge is 0.327 e. The molecule has 1 saturated heterocycles. The first kappa shape index (κ1) is 15.7. The molecule has 2 atom stereocenters. The van der Waals surface area contributed by atoms with Crippen LogP contribution in [-0.4, -0.2) is 51.6 Å². The zero-order valence-electron chi connectivity index (χ0n) is 13.4. The minimum absolute atomic E-state index is 0.0272. The van der Waals surface area contributed by atoms with Crippen LogP contribution in [-0.2, 0) is 20.8 Å². The number of methoxy groups -OCH3 is 1. The highest BCUT2D eigenvalue weighted by molar-refractivity contribution is 5.87. The van der Waals surface area contributed by atoms with Crippen molar-refractivity contribution in [2.45, 2.75) is 44.9 Å². The fraction of sp³-hybridized carbons (Fsp3) is 0.600. The first-order chi connectivity index (χ1) is 11.2. The number of carbonyl (C=O) groups excluding carboxylic acids is 1.